The van der Waals surface area contributed by atoms with Crippen molar-refractivity contribution in [3.8, 4) is 10.1 Å². The maximum Gasteiger partial charge on any atom is 0.234 e. The highest BCUT2D eigenvalue weighted by Crippen LogP contribution is 2.46. The molecule has 3 heterocycles. The van der Waals surface area contributed by atoms with Crippen LogP contribution < -0.4 is 14.8 Å². The van der Waals surface area contributed by atoms with Crippen molar-refractivity contribution in [1.29, 1.82) is 0 Å². The molecule has 0 bridgehead atoms. The molecule has 2 aliphatic rings. The Morgan fingerprint density at radius 1 is 1.13 bits per heavy atom. The molecule has 0 aromatic carbocycles. The summed E-state index contributed by atoms with van der Waals surface area (Å²) in [7, 11) is 3.34. The van der Waals surface area contributed by atoms with Gasteiger partial charge in [-0.2, -0.15) is 0 Å². The zero-order valence-electron chi connectivity index (χ0n) is 17.2. The highest BCUT2D eigenvalue weighted by atomic mass is 79.9. The first-order valence-electron chi connectivity index (χ1n) is 9.85. The number of Topliss-reactive ketones (excluding diaryl/α,β-unsaturated/α-hetero) is 1. The number of carbonyl (C=O) groups is 2. The Labute approximate surface area is 205 Å². The van der Waals surface area contributed by atoms with Crippen LogP contribution in [-0.2, 0) is 11.3 Å². The molecule has 1 aliphatic heterocycles. The Hall–Kier alpha value is -0.980. The van der Waals surface area contributed by atoms with Crippen molar-refractivity contribution in [3.05, 3.63) is 30.3 Å². The second-order valence-corrected chi connectivity index (χ2v) is 12.2. The average Bonchev–Trinajstić information content (AvgIpc) is 3.38. The number of methoxy groups -OCH3 is 2. The van der Waals surface area contributed by atoms with Crippen LogP contribution in [0.2, 0.25) is 0 Å². The molecule has 0 radical (unpaired) electrons. The summed E-state index contributed by atoms with van der Waals surface area (Å²) in [6, 6.07) is 1.77. The highest BCUT2D eigenvalue weighted by Gasteiger charge is 2.36. The fourth-order valence-corrected chi connectivity index (χ4v) is 8.21. The third-order valence-electron chi connectivity index (χ3n) is 5.57. The standard InChI is InChI=1S/C20H23Br2N3O4S2/c1-28-15-7-11(20(29-2)30-15)9-24-3-5-25(6-4-24)10-14(27)23-12-8-13(26)17-16(12)18(21)31-19(17)22/h7,12H,3-6,8-10H2,1-2H3,(H,23,27). The number of nitrogens with one attached hydrogen (secondary N) is 1. The SMILES string of the molecule is COc1cc(CN2CCN(CC(=O)NC3CC(=O)c4c(Br)sc(Br)c43)CC2)c(OC)s1. The number of amides is 1. The lowest BCUT2D eigenvalue weighted by Gasteiger charge is -2.34. The average molecular weight is 593 g/mol. The van der Waals surface area contributed by atoms with E-state index < -0.39 is 0 Å². The van der Waals surface area contributed by atoms with Crippen LogP contribution in [0.3, 0.4) is 0 Å². The van der Waals surface area contributed by atoms with Crippen LogP contribution >= 0.6 is 54.5 Å². The lowest BCUT2D eigenvalue weighted by atomic mass is 10.2. The second-order valence-electron chi connectivity index (χ2n) is 7.52. The minimum Gasteiger partial charge on any atom is -0.487 e. The van der Waals surface area contributed by atoms with Crippen molar-refractivity contribution >= 4 is 66.2 Å². The molecule has 11 heteroatoms. The van der Waals surface area contributed by atoms with E-state index in [-0.39, 0.29) is 17.7 Å². The number of hydrogen-bond donors (Lipinski definition) is 1. The van der Waals surface area contributed by atoms with E-state index in [1.165, 1.54) is 22.7 Å². The van der Waals surface area contributed by atoms with Gasteiger partial charge in [0.2, 0.25) is 5.91 Å². The van der Waals surface area contributed by atoms with E-state index >= 15 is 0 Å². The van der Waals surface area contributed by atoms with Crippen molar-refractivity contribution in [3.63, 3.8) is 0 Å². The number of hydrogen-bond acceptors (Lipinski definition) is 8. The Bertz CT molecular complexity index is 985. The minimum absolute atomic E-state index is 0.0439. The zero-order valence-corrected chi connectivity index (χ0v) is 22.0. The van der Waals surface area contributed by atoms with E-state index in [0.29, 0.717) is 18.5 Å². The van der Waals surface area contributed by atoms with Gasteiger partial charge in [-0.05, 0) is 31.9 Å². The van der Waals surface area contributed by atoms with E-state index in [4.69, 9.17) is 9.47 Å². The highest BCUT2D eigenvalue weighted by molar-refractivity contribution is 9.12. The quantitative estimate of drug-likeness (QED) is 0.526. The van der Waals surface area contributed by atoms with E-state index in [2.05, 4.69) is 47.0 Å². The normalized spacial score (nSPS) is 19.5. The third-order valence-corrected chi connectivity index (χ3v) is 9.25. The summed E-state index contributed by atoms with van der Waals surface area (Å²) in [6.45, 7) is 4.54. The molecule has 1 atom stereocenters. The van der Waals surface area contributed by atoms with Crippen LogP contribution in [0.4, 0.5) is 0 Å². The predicted molar refractivity (Wildman–Crippen MR) is 129 cm³/mol. The summed E-state index contributed by atoms with van der Waals surface area (Å²) >= 11 is 9.96. The maximum absolute atomic E-state index is 12.7. The van der Waals surface area contributed by atoms with Crippen LogP contribution in [0.25, 0.3) is 0 Å². The second kappa shape index (κ2) is 9.88. The topological polar surface area (TPSA) is 71.1 Å². The van der Waals surface area contributed by atoms with Crippen LogP contribution in [0.1, 0.15) is 33.9 Å². The van der Waals surface area contributed by atoms with Gasteiger partial charge in [0.05, 0.1) is 34.4 Å². The Morgan fingerprint density at radius 3 is 2.52 bits per heavy atom. The monoisotopic (exact) mass is 591 g/mol. The maximum atomic E-state index is 12.7. The molecule has 31 heavy (non-hydrogen) atoms. The summed E-state index contributed by atoms with van der Waals surface area (Å²) in [4.78, 5) is 29.5. The number of carbonyl (C=O) groups excluding carboxylic acids is 2. The zero-order chi connectivity index (χ0) is 22.1. The third kappa shape index (κ3) is 5.01. The number of ether oxygens (including phenoxy) is 2. The van der Waals surface area contributed by atoms with E-state index in [0.717, 1.165) is 61.5 Å². The van der Waals surface area contributed by atoms with Crippen LogP contribution in [-0.4, -0.2) is 68.4 Å². The van der Waals surface area contributed by atoms with Crippen molar-refractivity contribution in [2.24, 2.45) is 0 Å². The Morgan fingerprint density at radius 2 is 1.84 bits per heavy atom. The molecule has 4 rings (SSSR count). The molecule has 2 aromatic rings. The largest absolute Gasteiger partial charge is 0.487 e. The minimum atomic E-state index is -0.255. The first-order valence-corrected chi connectivity index (χ1v) is 13.1. The number of rotatable bonds is 7. The van der Waals surface area contributed by atoms with Crippen LogP contribution in [0.5, 0.6) is 10.1 Å². The Kier molecular flexibility index (Phi) is 7.39. The van der Waals surface area contributed by atoms with Crippen molar-refractivity contribution < 1.29 is 19.1 Å². The summed E-state index contributed by atoms with van der Waals surface area (Å²) < 4.78 is 12.5. The number of halogens is 2. The van der Waals surface area contributed by atoms with Crippen LogP contribution in [0.15, 0.2) is 13.6 Å². The molecule has 1 saturated heterocycles. The molecule has 0 spiro atoms. The first-order chi connectivity index (χ1) is 14.9. The van der Waals surface area contributed by atoms with Gasteiger partial charge in [0, 0.05) is 61.9 Å². The summed E-state index contributed by atoms with van der Waals surface area (Å²) in [5, 5.41) is 4.79. The molecule has 1 N–H and O–H groups in total. The molecule has 1 aliphatic carbocycles. The van der Waals surface area contributed by atoms with Crippen LogP contribution in [0, 0.1) is 0 Å². The molecule has 2 aromatic heterocycles. The van der Waals surface area contributed by atoms with Gasteiger partial charge >= 0.3 is 0 Å². The molecule has 168 valence electrons. The van der Waals surface area contributed by atoms with E-state index in [9.17, 15) is 9.59 Å². The molecular weight excluding hydrogens is 570 g/mol. The van der Waals surface area contributed by atoms with Gasteiger partial charge < -0.3 is 14.8 Å². The van der Waals surface area contributed by atoms with Gasteiger partial charge in [-0.1, -0.05) is 11.3 Å². The Balaban J connectivity index is 1.27. The van der Waals surface area contributed by atoms with E-state index in [1.54, 1.807) is 14.2 Å². The van der Waals surface area contributed by atoms with Gasteiger partial charge in [-0.15, -0.1) is 11.3 Å². The smallest absolute Gasteiger partial charge is 0.234 e. The van der Waals surface area contributed by atoms with Crippen molar-refractivity contribution in [2.45, 2.75) is 19.0 Å². The molecule has 7 nitrogen and oxygen atoms in total. The van der Waals surface area contributed by atoms with Gasteiger partial charge in [-0.3, -0.25) is 19.4 Å². The van der Waals surface area contributed by atoms with Gasteiger partial charge in [-0.25, -0.2) is 0 Å². The predicted octanol–water partition coefficient (Wildman–Crippen LogP) is 3.91. The number of piperazine rings is 1. The van der Waals surface area contributed by atoms with Gasteiger partial charge in [0.1, 0.15) is 0 Å². The van der Waals surface area contributed by atoms with Gasteiger partial charge in [0.25, 0.3) is 0 Å². The summed E-state index contributed by atoms with van der Waals surface area (Å²) in [5.41, 5.74) is 2.74. The molecule has 0 saturated carbocycles. The number of fused-ring (bicyclic) bond motifs is 1. The summed E-state index contributed by atoms with van der Waals surface area (Å²) in [5.74, 6) is 0.0285. The van der Waals surface area contributed by atoms with Crippen molar-refractivity contribution in [2.75, 3.05) is 46.9 Å². The number of ketones is 1. The fourth-order valence-electron chi connectivity index (χ4n) is 4.03. The first kappa shape index (κ1) is 23.2. The summed E-state index contributed by atoms with van der Waals surface area (Å²) in [6.07, 6.45) is 0.320. The van der Waals surface area contributed by atoms with Gasteiger partial charge in [0.15, 0.2) is 15.9 Å². The molecular formula is C20H23Br2N3O4S2. The number of nitrogens with zero attached hydrogens (tertiary/aromatic N) is 2. The molecule has 1 fully saturated rings. The molecule has 1 unspecified atom stereocenters. The lowest BCUT2D eigenvalue weighted by Crippen LogP contribution is -2.49. The number of thiophene rings is 2. The van der Waals surface area contributed by atoms with Crippen molar-refractivity contribution in [1.82, 2.24) is 15.1 Å². The fraction of sp³-hybridized carbons (Fsp3) is 0.500. The molecule has 1 amide bonds. The van der Waals surface area contributed by atoms with E-state index in [1.807, 2.05) is 6.07 Å². The lowest BCUT2D eigenvalue weighted by molar-refractivity contribution is -0.123.